The van der Waals surface area contributed by atoms with Crippen molar-refractivity contribution in [2.45, 2.75) is 26.3 Å². The molecule has 0 bridgehead atoms. The number of anilines is 1. The van der Waals surface area contributed by atoms with Crippen LogP contribution in [0.15, 0.2) is 60.9 Å². The fraction of sp³-hybridized carbons (Fsp3) is 0.227. The van der Waals surface area contributed by atoms with Gasteiger partial charge in [0.1, 0.15) is 11.6 Å². The summed E-state index contributed by atoms with van der Waals surface area (Å²) >= 11 is 0. The Labute approximate surface area is 164 Å². The van der Waals surface area contributed by atoms with E-state index in [0.717, 1.165) is 23.2 Å². The van der Waals surface area contributed by atoms with Gasteiger partial charge in [-0.2, -0.15) is 0 Å². The number of carbonyl (C=O) groups excluding carboxylic acids is 1. The first kappa shape index (κ1) is 19.5. The van der Waals surface area contributed by atoms with E-state index < -0.39 is 0 Å². The van der Waals surface area contributed by atoms with E-state index in [1.54, 1.807) is 24.5 Å². The Bertz CT molecular complexity index is 931. The number of aryl methyl sites for hydroxylation is 1. The molecule has 2 N–H and O–H groups in total. The van der Waals surface area contributed by atoms with Crippen molar-refractivity contribution in [3.8, 4) is 0 Å². The van der Waals surface area contributed by atoms with E-state index in [1.165, 1.54) is 12.1 Å². The van der Waals surface area contributed by atoms with Crippen LogP contribution in [0.1, 0.15) is 34.1 Å². The van der Waals surface area contributed by atoms with Crippen molar-refractivity contribution in [1.29, 1.82) is 0 Å². The van der Waals surface area contributed by atoms with E-state index in [-0.39, 0.29) is 11.7 Å². The Balaban J connectivity index is 1.67. The summed E-state index contributed by atoms with van der Waals surface area (Å²) in [7, 11) is 0. The van der Waals surface area contributed by atoms with Gasteiger partial charge in [-0.05, 0) is 54.3 Å². The lowest BCUT2D eigenvalue weighted by Gasteiger charge is -2.13. The lowest BCUT2D eigenvalue weighted by atomic mass is 10.1. The van der Waals surface area contributed by atoms with Gasteiger partial charge >= 0.3 is 0 Å². The first-order valence-corrected chi connectivity index (χ1v) is 9.31. The maximum absolute atomic E-state index is 13.3. The minimum Gasteiger partial charge on any atom is -0.369 e. The highest BCUT2D eigenvalue weighted by Crippen LogP contribution is 2.15. The van der Waals surface area contributed by atoms with Crippen LogP contribution in [-0.4, -0.2) is 22.4 Å². The Morgan fingerprint density at radius 1 is 1.11 bits per heavy atom. The predicted octanol–water partition coefficient (Wildman–Crippen LogP) is 3.76. The van der Waals surface area contributed by atoms with Crippen molar-refractivity contribution in [2.24, 2.45) is 0 Å². The second-order valence-electron chi connectivity index (χ2n) is 6.40. The molecule has 0 radical (unpaired) electrons. The molecule has 2 heterocycles. The van der Waals surface area contributed by atoms with Gasteiger partial charge in [0.25, 0.3) is 5.91 Å². The molecule has 3 aromatic rings. The Hall–Kier alpha value is -3.28. The standard InChI is InChI=1S/C22H23FN4O/c1-2-19-8-9-20(22(28)26-15-17-6-4-11-24-14-17)21(27-19)25-12-10-16-5-3-7-18(23)13-16/h3-9,11,13-14H,2,10,12,15H2,1H3,(H,25,27)(H,26,28). The van der Waals surface area contributed by atoms with Gasteiger partial charge in [-0.15, -0.1) is 0 Å². The highest BCUT2D eigenvalue weighted by molar-refractivity contribution is 5.98. The molecular formula is C22H23FN4O. The van der Waals surface area contributed by atoms with Crippen LogP contribution in [0.25, 0.3) is 0 Å². The Kier molecular flexibility index (Phi) is 6.68. The van der Waals surface area contributed by atoms with E-state index in [1.807, 2.05) is 31.2 Å². The summed E-state index contributed by atoms with van der Waals surface area (Å²) in [5.41, 5.74) is 3.20. The van der Waals surface area contributed by atoms with Gasteiger partial charge in [-0.3, -0.25) is 9.78 Å². The topological polar surface area (TPSA) is 66.9 Å². The van der Waals surface area contributed by atoms with E-state index in [4.69, 9.17) is 0 Å². The smallest absolute Gasteiger partial charge is 0.255 e. The normalized spacial score (nSPS) is 10.5. The van der Waals surface area contributed by atoms with Gasteiger partial charge in [-0.25, -0.2) is 9.37 Å². The van der Waals surface area contributed by atoms with Crippen LogP contribution in [0.4, 0.5) is 10.2 Å². The van der Waals surface area contributed by atoms with Crippen LogP contribution in [0.5, 0.6) is 0 Å². The van der Waals surface area contributed by atoms with Crippen molar-refractivity contribution < 1.29 is 9.18 Å². The zero-order chi connectivity index (χ0) is 19.8. The van der Waals surface area contributed by atoms with E-state index in [2.05, 4.69) is 20.6 Å². The maximum Gasteiger partial charge on any atom is 0.255 e. The van der Waals surface area contributed by atoms with Gasteiger partial charge < -0.3 is 10.6 Å². The molecule has 0 saturated carbocycles. The summed E-state index contributed by atoms with van der Waals surface area (Å²) in [5, 5.41) is 6.13. The molecule has 144 valence electrons. The van der Waals surface area contributed by atoms with Gasteiger partial charge in [0, 0.05) is 31.2 Å². The van der Waals surface area contributed by atoms with Gasteiger partial charge in [-0.1, -0.05) is 25.1 Å². The average Bonchev–Trinajstić information content (AvgIpc) is 2.73. The van der Waals surface area contributed by atoms with Gasteiger partial charge in [0.15, 0.2) is 0 Å². The van der Waals surface area contributed by atoms with E-state index in [0.29, 0.717) is 30.9 Å². The third-order valence-electron chi connectivity index (χ3n) is 4.33. The predicted molar refractivity (Wildman–Crippen MR) is 108 cm³/mol. The number of amides is 1. The number of carbonyl (C=O) groups is 1. The Morgan fingerprint density at radius 3 is 2.71 bits per heavy atom. The fourth-order valence-electron chi connectivity index (χ4n) is 2.81. The van der Waals surface area contributed by atoms with Gasteiger partial charge in [0.2, 0.25) is 0 Å². The monoisotopic (exact) mass is 378 g/mol. The molecular weight excluding hydrogens is 355 g/mol. The summed E-state index contributed by atoms with van der Waals surface area (Å²) in [6, 6.07) is 13.9. The third kappa shape index (κ3) is 5.36. The lowest BCUT2D eigenvalue weighted by Crippen LogP contribution is -2.25. The second kappa shape index (κ2) is 9.60. The van der Waals surface area contributed by atoms with Crippen molar-refractivity contribution in [2.75, 3.05) is 11.9 Å². The average molecular weight is 378 g/mol. The molecule has 0 aliphatic heterocycles. The molecule has 3 rings (SSSR count). The number of benzene rings is 1. The first-order chi connectivity index (χ1) is 13.7. The van der Waals surface area contributed by atoms with E-state index in [9.17, 15) is 9.18 Å². The number of hydrogen-bond acceptors (Lipinski definition) is 4. The lowest BCUT2D eigenvalue weighted by molar-refractivity contribution is 0.0951. The van der Waals surface area contributed by atoms with Gasteiger partial charge in [0.05, 0.1) is 5.56 Å². The molecule has 1 amide bonds. The molecule has 1 aromatic carbocycles. The number of nitrogens with zero attached hydrogens (tertiary/aromatic N) is 2. The fourth-order valence-corrected chi connectivity index (χ4v) is 2.81. The molecule has 6 heteroatoms. The van der Waals surface area contributed by atoms with Crippen LogP contribution >= 0.6 is 0 Å². The number of rotatable bonds is 8. The molecule has 0 aliphatic rings. The molecule has 0 atom stereocenters. The minimum atomic E-state index is -0.251. The number of halogens is 1. The molecule has 5 nitrogen and oxygen atoms in total. The second-order valence-corrected chi connectivity index (χ2v) is 6.40. The molecule has 28 heavy (non-hydrogen) atoms. The molecule has 0 unspecified atom stereocenters. The highest BCUT2D eigenvalue weighted by Gasteiger charge is 2.13. The largest absolute Gasteiger partial charge is 0.369 e. The summed E-state index contributed by atoms with van der Waals surface area (Å²) in [6.45, 7) is 2.96. The minimum absolute atomic E-state index is 0.202. The van der Waals surface area contributed by atoms with Crippen LogP contribution in [0.3, 0.4) is 0 Å². The van der Waals surface area contributed by atoms with Crippen LogP contribution in [-0.2, 0) is 19.4 Å². The number of pyridine rings is 2. The molecule has 0 aliphatic carbocycles. The Morgan fingerprint density at radius 2 is 1.96 bits per heavy atom. The molecule has 0 spiro atoms. The highest BCUT2D eigenvalue weighted by atomic mass is 19.1. The molecule has 2 aromatic heterocycles. The van der Waals surface area contributed by atoms with Crippen LogP contribution in [0, 0.1) is 5.82 Å². The van der Waals surface area contributed by atoms with Crippen LogP contribution in [0.2, 0.25) is 0 Å². The number of hydrogen-bond donors (Lipinski definition) is 2. The van der Waals surface area contributed by atoms with Crippen molar-refractivity contribution in [3.63, 3.8) is 0 Å². The quantitative estimate of drug-likeness (QED) is 0.626. The maximum atomic E-state index is 13.3. The SMILES string of the molecule is CCc1ccc(C(=O)NCc2cccnc2)c(NCCc2cccc(F)c2)n1. The summed E-state index contributed by atoms with van der Waals surface area (Å²) < 4.78 is 13.3. The zero-order valence-electron chi connectivity index (χ0n) is 15.8. The third-order valence-corrected chi connectivity index (χ3v) is 4.33. The van der Waals surface area contributed by atoms with Crippen molar-refractivity contribution in [3.05, 3.63) is 89.1 Å². The first-order valence-electron chi connectivity index (χ1n) is 9.31. The van der Waals surface area contributed by atoms with Crippen LogP contribution < -0.4 is 10.6 Å². The molecule has 0 saturated heterocycles. The summed E-state index contributed by atoms with van der Waals surface area (Å²) in [6.07, 6.45) is 4.82. The zero-order valence-corrected chi connectivity index (χ0v) is 15.8. The number of aromatic nitrogens is 2. The van der Waals surface area contributed by atoms with Crippen molar-refractivity contribution in [1.82, 2.24) is 15.3 Å². The summed E-state index contributed by atoms with van der Waals surface area (Å²) in [5.74, 6) is 0.0887. The van der Waals surface area contributed by atoms with Crippen molar-refractivity contribution >= 4 is 11.7 Å². The summed E-state index contributed by atoms with van der Waals surface area (Å²) in [4.78, 5) is 21.3. The number of nitrogens with one attached hydrogen (secondary N) is 2. The molecule has 0 fully saturated rings. The van der Waals surface area contributed by atoms with E-state index >= 15 is 0 Å².